The van der Waals surface area contributed by atoms with Gasteiger partial charge in [0.25, 0.3) is 0 Å². The number of esters is 1. The van der Waals surface area contributed by atoms with Crippen LogP contribution in [0.1, 0.15) is 43.2 Å². The van der Waals surface area contributed by atoms with Crippen LogP contribution in [0.2, 0.25) is 0 Å². The van der Waals surface area contributed by atoms with Crippen LogP contribution >= 0.6 is 11.8 Å². The number of hydrogen-bond donors (Lipinski definition) is 0. The lowest BCUT2D eigenvalue weighted by molar-refractivity contribution is -0.148. The van der Waals surface area contributed by atoms with Crippen LogP contribution < -0.4 is 4.74 Å². The molecule has 1 aromatic heterocycles. The minimum Gasteiger partial charge on any atom is -0.489 e. The van der Waals surface area contributed by atoms with E-state index in [4.69, 9.17) is 9.47 Å². The third-order valence-corrected chi connectivity index (χ3v) is 5.71. The van der Waals surface area contributed by atoms with Gasteiger partial charge in [0.15, 0.2) is 17.0 Å². The SMILES string of the molecule is CCc1ccc([C@@H](COc2ccc(CC3SC(=O)CC3=O)cc2)OC(C)=O)cn1. The Morgan fingerprint density at radius 3 is 2.52 bits per heavy atom. The van der Waals surface area contributed by atoms with E-state index >= 15 is 0 Å². The summed E-state index contributed by atoms with van der Waals surface area (Å²) in [7, 11) is 0. The van der Waals surface area contributed by atoms with Crippen molar-refractivity contribution in [2.24, 2.45) is 0 Å². The lowest BCUT2D eigenvalue weighted by Gasteiger charge is -2.18. The van der Waals surface area contributed by atoms with Crippen molar-refractivity contribution < 1.29 is 23.9 Å². The highest BCUT2D eigenvalue weighted by Gasteiger charge is 2.31. The first kappa shape index (κ1) is 21.0. The van der Waals surface area contributed by atoms with E-state index in [1.165, 1.54) is 6.92 Å². The van der Waals surface area contributed by atoms with Crippen LogP contribution in [0.15, 0.2) is 42.6 Å². The fourth-order valence-electron chi connectivity index (χ4n) is 3.02. The number of ketones is 1. The molecule has 0 aliphatic carbocycles. The van der Waals surface area contributed by atoms with E-state index in [0.717, 1.165) is 35.0 Å². The minimum atomic E-state index is -0.552. The van der Waals surface area contributed by atoms with Gasteiger partial charge in [-0.15, -0.1) is 0 Å². The number of Topliss-reactive ketones (excluding diaryl/α,β-unsaturated/α-hetero) is 1. The zero-order valence-corrected chi connectivity index (χ0v) is 17.2. The second-order valence-electron chi connectivity index (χ2n) is 6.82. The number of rotatable bonds is 8. The monoisotopic (exact) mass is 413 g/mol. The van der Waals surface area contributed by atoms with Crippen molar-refractivity contribution in [2.75, 3.05) is 6.61 Å². The summed E-state index contributed by atoms with van der Waals surface area (Å²) in [5, 5.41) is -0.348. The molecule has 0 saturated carbocycles. The molecule has 1 fully saturated rings. The summed E-state index contributed by atoms with van der Waals surface area (Å²) >= 11 is 1.12. The molecule has 2 aromatic rings. The van der Waals surface area contributed by atoms with Crippen LogP contribution in [0.4, 0.5) is 0 Å². The number of hydrogen-bond acceptors (Lipinski definition) is 7. The Morgan fingerprint density at radius 1 is 1.21 bits per heavy atom. The van der Waals surface area contributed by atoms with Crippen molar-refractivity contribution in [2.45, 2.75) is 44.5 Å². The maximum Gasteiger partial charge on any atom is 0.303 e. The predicted molar refractivity (Wildman–Crippen MR) is 110 cm³/mol. The van der Waals surface area contributed by atoms with Gasteiger partial charge in [0, 0.05) is 24.4 Å². The summed E-state index contributed by atoms with van der Waals surface area (Å²) < 4.78 is 11.2. The van der Waals surface area contributed by atoms with E-state index in [9.17, 15) is 14.4 Å². The molecule has 1 unspecified atom stereocenters. The number of ether oxygens (including phenoxy) is 2. The number of carbonyl (C=O) groups is 3. The fourth-order valence-corrected chi connectivity index (χ4v) is 4.05. The van der Waals surface area contributed by atoms with Crippen molar-refractivity contribution in [1.29, 1.82) is 0 Å². The Morgan fingerprint density at radius 2 is 1.97 bits per heavy atom. The van der Waals surface area contributed by atoms with Gasteiger partial charge in [-0.1, -0.05) is 36.9 Å². The summed E-state index contributed by atoms with van der Waals surface area (Å²) in [5.41, 5.74) is 2.71. The summed E-state index contributed by atoms with van der Waals surface area (Å²) in [6.45, 7) is 3.55. The highest BCUT2D eigenvalue weighted by molar-refractivity contribution is 8.15. The van der Waals surface area contributed by atoms with Crippen LogP contribution in [0.5, 0.6) is 5.75 Å². The number of pyridine rings is 1. The van der Waals surface area contributed by atoms with Gasteiger partial charge in [-0.25, -0.2) is 0 Å². The van der Waals surface area contributed by atoms with Crippen LogP contribution in [0.25, 0.3) is 0 Å². The van der Waals surface area contributed by atoms with E-state index in [1.807, 2.05) is 43.3 Å². The number of carbonyl (C=O) groups excluding carboxylic acids is 3. The van der Waals surface area contributed by atoms with Crippen molar-refractivity contribution >= 4 is 28.6 Å². The molecule has 0 radical (unpaired) electrons. The van der Waals surface area contributed by atoms with E-state index in [0.29, 0.717) is 12.2 Å². The molecule has 0 spiro atoms. The Bertz CT molecular complexity index is 879. The first-order valence-corrected chi connectivity index (χ1v) is 10.4. The number of aromatic nitrogens is 1. The number of nitrogens with zero attached hydrogens (tertiary/aromatic N) is 1. The van der Waals surface area contributed by atoms with Gasteiger partial charge in [-0.05, 0) is 36.6 Å². The molecule has 3 rings (SSSR count). The number of benzene rings is 1. The van der Waals surface area contributed by atoms with Crippen molar-refractivity contribution in [1.82, 2.24) is 4.98 Å². The van der Waals surface area contributed by atoms with Crippen molar-refractivity contribution in [3.63, 3.8) is 0 Å². The third kappa shape index (κ3) is 5.90. The zero-order valence-electron chi connectivity index (χ0n) is 16.4. The summed E-state index contributed by atoms with van der Waals surface area (Å²) in [5.74, 6) is 0.236. The predicted octanol–water partition coefficient (Wildman–Crippen LogP) is 3.47. The molecule has 2 atom stereocenters. The number of thioether (sulfide) groups is 1. The zero-order chi connectivity index (χ0) is 20.8. The average Bonchev–Trinajstić information content (AvgIpc) is 3.03. The van der Waals surface area contributed by atoms with Crippen LogP contribution in [-0.2, 0) is 32.0 Å². The second kappa shape index (κ2) is 9.69. The summed E-state index contributed by atoms with van der Waals surface area (Å²) in [4.78, 5) is 39.0. The van der Waals surface area contributed by atoms with Gasteiger partial charge >= 0.3 is 5.97 Å². The maximum atomic E-state index is 11.8. The smallest absolute Gasteiger partial charge is 0.303 e. The normalized spacial score (nSPS) is 17.2. The van der Waals surface area contributed by atoms with Gasteiger partial charge < -0.3 is 9.47 Å². The lowest BCUT2D eigenvalue weighted by atomic mass is 10.1. The van der Waals surface area contributed by atoms with Gasteiger partial charge in [0.1, 0.15) is 12.4 Å². The molecule has 1 saturated heterocycles. The Hall–Kier alpha value is -2.67. The standard InChI is InChI=1S/C22H23NO5S/c1-3-17-7-6-16(12-23-17)20(28-14(2)24)13-27-18-8-4-15(5-9-18)10-21-19(25)11-22(26)29-21/h4-9,12,20-21H,3,10-11,13H2,1-2H3/t20-,21?/m1/s1. The van der Waals surface area contributed by atoms with Gasteiger partial charge in [-0.3, -0.25) is 19.4 Å². The molecule has 0 bridgehead atoms. The first-order chi connectivity index (χ1) is 13.9. The highest BCUT2D eigenvalue weighted by atomic mass is 32.2. The molecule has 152 valence electrons. The van der Waals surface area contributed by atoms with Crippen LogP contribution in [-0.4, -0.2) is 33.7 Å². The molecule has 29 heavy (non-hydrogen) atoms. The Balaban J connectivity index is 1.60. The molecule has 7 heteroatoms. The molecule has 0 amide bonds. The maximum absolute atomic E-state index is 11.8. The molecule has 0 N–H and O–H groups in total. The molecule has 2 heterocycles. The highest BCUT2D eigenvalue weighted by Crippen LogP contribution is 2.28. The van der Waals surface area contributed by atoms with Gasteiger partial charge in [0.05, 0.1) is 11.7 Å². The molecular formula is C22H23NO5S. The Labute approximate surface area is 174 Å². The van der Waals surface area contributed by atoms with E-state index < -0.39 is 6.10 Å². The molecular weight excluding hydrogens is 390 g/mol. The van der Waals surface area contributed by atoms with Crippen molar-refractivity contribution in [3.05, 3.63) is 59.4 Å². The topological polar surface area (TPSA) is 82.6 Å². The van der Waals surface area contributed by atoms with Gasteiger partial charge in [-0.2, -0.15) is 0 Å². The van der Waals surface area contributed by atoms with Crippen LogP contribution in [0.3, 0.4) is 0 Å². The lowest BCUT2D eigenvalue weighted by Crippen LogP contribution is -2.17. The van der Waals surface area contributed by atoms with E-state index in [2.05, 4.69) is 4.98 Å². The van der Waals surface area contributed by atoms with Crippen molar-refractivity contribution in [3.8, 4) is 5.75 Å². The molecule has 1 aliphatic heterocycles. The Kier molecular flexibility index (Phi) is 7.04. The largest absolute Gasteiger partial charge is 0.489 e. The fraction of sp³-hybridized carbons (Fsp3) is 0.364. The third-order valence-electron chi connectivity index (χ3n) is 4.59. The summed E-state index contributed by atoms with van der Waals surface area (Å²) in [6.07, 6.45) is 2.55. The van der Waals surface area contributed by atoms with E-state index in [1.54, 1.807) is 6.20 Å². The number of aryl methyl sites for hydroxylation is 1. The second-order valence-corrected chi connectivity index (χ2v) is 8.08. The molecule has 1 aliphatic rings. The minimum absolute atomic E-state index is 0.00718. The van der Waals surface area contributed by atoms with Gasteiger partial charge in [0.2, 0.25) is 0 Å². The quantitative estimate of drug-likeness (QED) is 0.484. The first-order valence-electron chi connectivity index (χ1n) is 9.50. The van der Waals surface area contributed by atoms with E-state index in [-0.39, 0.29) is 35.1 Å². The molecule has 6 nitrogen and oxygen atoms in total. The molecule has 1 aromatic carbocycles. The average molecular weight is 413 g/mol. The summed E-state index contributed by atoms with van der Waals surface area (Å²) in [6, 6.07) is 11.2. The van der Waals surface area contributed by atoms with Crippen LogP contribution in [0, 0.1) is 0 Å².